The van der Waals surface area contributed by atoms with Crippen molar-refractivity contribution in [2.24, 2.45) is 0 Å². The van der Waals surface area contributed by atoms with E-state index >= 15 is 0 Å². The summed E-state index contributed by atoms with van der Waals surface area (Å²) in [6.45, 7) is 2.93. The average molecular weight is 1380 g/mol. The topological polar surface area (TPSA) is 228 Å². The third kappa shape index (κ3) is 50.5. The number of unbranched alkanes of at least 4 members (excludes halogenated alkanes) is 55. The number of hydrogen-bond acceptors (Lipinski definition) is 13. The molecule has 2 fully saturated rings. The van der Waals surface area contributed by atoms with Gasteiger partial charge in [0, 0.05) is 6.42 Å². The number of nitrogens with one attached hydrogen (secondary N) is 1. The van der Waals surface area contributed by atoms with E-state index in [1.54, 1.807) is 0 Å². The number of ether oxygens (including phenoxy) is 4. The van der Waals surface area contributed by atoms with E-state index in [2.05, 4.69) is 43.5 Å². The van der Waals surface area contributed by atoms with Crippen LogP contribution in [0.3, 0.4) is 0 Å². The first kappa shape index (κ1) is 91.6. The second kappa shape index (κ2) is 67.6. The van der Waals surface area contributed by atoms with Crippen molar-refractivity contribution in [3.63, 3.8) is 0 Å². The summed E-state index contributed by atoms with van der Waals surface area (Å²) in [5.41, 5.74) is 0. The predicted molar refractivity (Wildman–Crippen MR) is 402 cm³/mol. The number of carbonyl (C=O) groups is 1. The number of aliphatic hydroxyl groups is 8. The number of allylic oxidation sites excluding steroid dienone is 4. The second-order valence-corrected chi connectivity index (χ2v) is 30.0. The summed E-state index contributed by atoms with van der Waals surface area (Å²) in [5, 5.41) is 88.0. The molecule has 14 nitrogen and oxygen atoms in total. The first-order valence-electron chi connectivity index (χ1n) is 42.1. The van der Waals surface area contributed by atoms with Crippen LogP contribution in [0.2, 0.25) is 0 Å². The van der Waals surface area contributed by atoms with E-state index in [4.69, 9.17) is 18.9 Å². The summed E-state index contributed by atoms with van der Waals surface area (Å²) in [5.74, 6) is -0.197. The number of rotatable bonds is 72. The smallest absolute Gasteiger partial charge is 0.220 e. The molecule has 2 saturated heterocycles. The molecule has 574 valence electrons. The Morgan fingerprint density at radius 3 is 1.03 bits per heavy atom. The quantitative estimate of drug-likeness (QED) is 0.0204. The molecule has 2 aliphatic rings. The number of hydrogen-bond donors (Lipinski definition) is 9. The van der Waals surface area contributed by atoms with Gasteiger partial charge in [-0.25, -0.2) is 0 Å². The van der Waals surface area contributed by atoms with Crippen molar-refractivity contribution < 1.29 is 64.6 Å². The van der Waals surface area contributed by atoms with Crippen LogP contribution in [-0.2, 0) is 23.7 Å². The largest absolute Gasteiger partial charge is 0.394 e. The summed E-state index contributed by atoms with van der Waals surface area (Å²) in [6.07, 6.45) is 70.9. The minimum atomic E-state index is -1.78. The average Bonchev–Trinajstić information content (AvgIpc) is 0.794. The number of aliphatic hydroxyl groups excluding tert-OH is 8. The lowest BCUT2D eigenvalue weighted by Gasteiger charge is -2.46. The van der Waals surface area contributed by atoms with Crippen molar-refractivity contribution in [3.05, 3.63) is 24.3 Å². The molecule has 0 aromatic rings. The molecule has 0 radical (unpaired) electrons. The molecule has 9 N–H and O–H groups in total. The lowest BCUT2D eigenvalue weighted by atomic mass is 9.97. The Morgan fingerprint density at radius 2 is 0.680 bits per heavy atom. The molecule has 0 spiro atoms. The third-order valence-electron chi connectivity index (χ3n) is 20.9. The van der Waals surface area contributed by atoms with E-state index in [-0.39, 0.29) is 12.5 Å². The van der Waals surface area contributed by atoms with E-state index in [0.29, 0.717) is 12.8 Å². The molecule has 12 atom stereocenters. The molecule has 0 saturated carbocycles. The molecule has 0 aromatic heterocycles. The molecule has 0 aliphatic carbocycles. The molecule has 14 heteroatoms. The van der Waals surface area contributed by atoms with Crippen LogP contribution in [0.25, 0.3) is 0 Å². The van der Waals surface area contributed by atoms with Crippen LogP contribution >= 0.6 is 0 Å². The van der Waals surface area contributed by atoms with Gasteiger partial charge in [-0.1, -0.05) is 378 Å². The van der Waals surface area contributed by atoms with Crippen LogP contribution < -0.4 is 5.32 Å². The van der Waals surface area contributed by atoms with Gasteiger partial charge in [0.2, 0.25) is 5.91 Å². The first-order chi connectivity index (χ1) is 47.6. The summed E-state index contributed by atoms with van der Waals surface area (Å²) in [4.78, 5) is 13.4. The minimum absolute atomic E-state index is 0.197. The first-order valence-corrected chi connectivity index (χ1v) is 42.1. The molecule has 2 aliphatic heterocycles. The lowest BCUT2D eigenvalue weighted by Crippen LogP contribution is -2.65. The zero-order valence-corrected chi connectivity index (χ0v) is 63.1. The third-order valence-corrected chi connectivity index (χ3v) is 20.9. The van der Waals surface area contributed by atoms with Crippen LogP contribution in [0.15, 0.2) is 24.3 Å². The summed E-state index contributed by atoms with van der Waals surface area (Å²) < 4.78 is 23.0. The van der Waals surface area contributed by atoms with Gasteiger partial charge in [-0.3, -0.25) is 4.79 Å². The molecule has 97 heavy (non-hydrogen) atoms. The van der Waals surface area contributed by atoms with E-state index in [9.17, 15) is 45.6 Å². The highest BCUT2D eigenvalue weighted by Gasteiger charge is 2.51. The molecule has 0 aromatic carbocycles. The van der Waals surface area contributed by atoms with Crippen LogP contribution in [0.1, 0.15) is 406 Å². The maximum absolute atomic E-state index is 13.4. The van der Waals surface area contributed by atoms with Gasteiger partial charge in [-0.15, -0.1) is 0 Å². The Balaban J connectivity index is 1.58. The van der Waals surface area contributed by atoms with E-state index in [0.717, 1.165) is 57.8 Å². The van der Waals surface area contributed by atoms with Crippen LogP contribution in [-0.4, -0.2) is 140 Å². The Bertz CT molecular complexity index is 1720. The molecule has 12 unspecified atom stereocenters. The highest BCUT2D eigenvalue weighted by molar-refractivity contribution is 5.76. The fraction of sp³-hybridized carbons (Fsp3) is 0.940. The van der Waals surface area contributed by atoms with Crippen molar-refractivity contribution in [1.82, 2.24) is 5.32 Å². The minimum Gasteiger partial charge on any atom is -0.394 e. The highest BCUT2D eigenvalue weighted by atomic mass is 16.7. The maximum atomic E-state index is 13.4. The van der Waals surface area contributed by atoms with Gasteiger partial charge < -0.3 is 65.1 Å². The SMILES string of the molecule is CCCCCCC/C=C\C/C=C\CCCCCCCCCCCCCCCCCCCCCC(=O)NC(COC1OC(CO)C(OC2OC(CO)C(O)C(O)C2O)C(O)C1O)C(O)CCCCCCCCCCCCCCCCCCCCCCCCCCCCCCCCCC. The van der Waals surface area contributed by atoms with Gasteiger partial charge in [-0.05, 0) is 44.9 Å². The molecule has 1 amide bonds. The summed E-state index contributed by atoms with van der Waals surface area (Å²) >= 11 is 0. The lowest BCUT2D eigenvalue weighted by molar-refractivity contribution is -0.359. The van der Waals surface area contributed by atoms with E-state index in [1.807, 2.05) is 0 Å². The fourth-order valence-electron chi connectivity index (χ4n) is 14.3. The van der Waals surface area contributed by atoms with Crippen molar-refractivity contribution in [2.45, 2.75) is 479 Å². The molecule has 2 rings (SSSR count). The van der Waals surface area contributed by atoms with Crippen molar-refractivity contribution in [3.8, 4) is 0 Å². The predicted octanol–water partition coefficient (Wildman–Crippen LogP) is 19.4. The summed E-state index contributed by atoms with van der Waals surface area (Å²) in [7, 11) is 0. The van der Waals surface area contributed by atoms with Gasteiger partial charge in [0.1, 0.15) is 48.8 Å². The van der Waals surface area contributed by atoms with E-state index in [1.165, 1.54) is 321 Å². The van der Waals surface area contributed by atoms with Gasteiger partial charge >= 0.3 is 0 Å². The fourth-order valence-corrected chi connectivity index (χ4v) is 14.3. The van der Waals surface area contributed by atoms with Gasteiger partial charge in [0.15, 0.2) is 12.6 Å². The molecule has 0 bridgehead atoms. The second-order valence-electron chi connectivity index (χ2n) is 30.0. The van der Waals surface area contributed by atoms with E-state index < -0.39 is 86.8 Å². The monoisotopic (exact) mass is 1380 g/mol. The Labute approximate surface area is 596 Å². The maximum Gasteiger partial charge on any atom is 0.220 e. The van der Waals surface area contributed by atoms with Gasteiger partial charge in [0.05, 0.1) is 32.0 Å². The van der Waals surface area contributed by atoms with Crippen molar-refractivity contribution in [1.29, 1.82) is 0 Å². The number of amides is 1. The van der Waals surface area contributed by atoms with Gasteiger partial charge in [0.25, 0.3) is 0 Å². The Morgan fingerprint density at radius 1 is 0.371 bits per heavy atom. The van der Waals surface area contributed by atoms with Crippen LogP contribution in [0, 0.1) is 0 Å². The van der Waals surface area contributed by atoms with Crippen LogP contribution in [0.5, 0.6) is 0 Å². The zero-order chi connectivity index (χ0) is 70.1. The molecule has 2 heterocycles. The number of carbonyl (C=O) groups excluding carboxylic acids is 1. The van der Waals surface area contributed by atoms with Gasteiger partial charge in [-0.2, -0.15) is 0 Å². The molecular weight excluding hydrogens is 1220 g/mol. The van der Waals surface area contributed by atoms with Crippen LogP contribution in [0.4, 0.5) is 0 Å². The normalized spacial score (nSPS) is 22.2. The van der Waals surface area contributed by atoms with Crippen molar-refractivity contribution >= 4 is 5.91 Å². The highest BCUT2D eigenvalue weighted by Crippen LogP contribution is 2.31. The Kier molecular flexibility index (Phi) is 63.8. The Hall–Kier alpha value is -1.53. The summed E-state index contributed by atoms with van der Waals surface area (Å²) in [6, 6.07) is -0.829. The van der Waals surface area contributed by atoms with Crippen molar-refractivity contribution in [2.75, 3.05) is 19.8 Å². The zero-order valence-electron chi connectivity index (χ0n) is 63.1. The molecular formula is C83H159NO13. The standard InChI is InChI=1S/C83H159NO13/c1-3-5-7-9-11-13-15-17-19-21-23-25-27-29-31-33-35-37-38-40-42-44-46-48-50-52-54-56-58-60-62-64-66-72(87)71(70-94-82-80(93)78(91)81(74(69-86)96-82)97-83-79(92)77(90)76(89)73(68-85)95-83)84-75(88)67-65-63-61-59-57-55-53-51-49-47-45-43-41-39-36-34-32-30-28-26-24-22-20-18-16-14-12-10-8-6-4-2/h16,18,22,24,71-74,76-83,85-87,89-93H,3-15,17,19-21,23,25-70H2,1-2H3,(H,84,88)/b18-16-,24-22-.